The van der Waals surface area contributed by atoms with Gasteiger partial charge in [-0.25, -0.2) is 0 Å². The summed E-state index contributed by atoms with van der Waals surface area (Å²) in [6.45, 7) is 0.470. The predicted octanol–water partition coefficient (Wildman–Crippen LogP) is 3.15. The van der Waals surface area contributed by atoms with Crippen molar-refractivity contribution in [1.82, 2.24) is 15.3 Å². The first-order valence-corrected chi connectivity index (χ1v) is 6.55. The van der Waals surface area contributed by atoms with Crippen molar-refractivity contribution in [2.75, 3.05) is 0 Å². The van der Waals surface area contributed by atoms with Gasteiger partial charge in [-0.15, -0.1) is 0 Å². The summed E-state index contributed by atoms with van der Waals surface area (Å²) in [6.07, 6.45) is 3.40. The second kappa shape index (κ2) is 5.35. The van der Waals surface area contributed by atoms with Gasteiger partial charge < -0.3 is 10.3 Å². The Kier molecular flexibility index (Phi) is 3.39. The minimum Gasteiger partial charge on any atom is -0.350 e. The molecule has 0 radical (unpaired) electrons. The van der Waals surface area contributed by atoms with Crippen LogP contribution in [0.2, 0.25) is 5.02 Å². The van der Waals surface area contributed by atoms with Crippen molar-refractivity contribution >= 4 is 28.4 Å². The van der Waals surface area contributed by atoms with E-state index in [-0.39, 0.29) is 5.91 Å². The predicted molar refractivity (Wildman–Crippen MR) is 78.7 cm³/mol. The fourth-order valence-electron chi connectivity index (χ4n) is 2.00. The molecule has 20 heavy (non-hydrogen) atoms. The zero-order valence-corrected chi connectivity index (χ0v) is 11.3. The van der Waals surface area contributed by atoms with E-state index in [1.54, 1.807) is 24.5 Å². The highest BCUT2D eigenvalue weighted by Gasteiger charge is 2.09. The molecule has 0 unspecified atom stereocenters. The van der Waals surface area contributed by atoms with Gasteiger partial charge in [-0.1, -0.05) is 17.7 Å². The van der Waals surface area contributed by atoms with Crippen molar-refractivity contribution in [2.45, 2.75) is 6.54 Å². The van der Waals surface area contributed by atoms with Gasteiger partial charge in [0.2, 0.25) is 0 Å². The maximum atomic E-state index is 12.1. The zero-order valence-electron chi connectivity index (χ0n) is 10.6. The molecular weight excluding hydrogens is 274 g/mol. The number of rotatable bonds is 3. The first-order valence-electron chi connectivity index (χ1n) is 6.18. The maximum Gasteiger partial charge on any atom is 0.267 e. The number of fused-ring (bicyclic) bond motifs is 1. The topological polar surface area (TPSA) is 57.8 Å². The van der Waals surface area contributed by atoms with E-state index in [1.165, 1.54) is 0 Å². The Morgan fingerprint density at radius 1 is 1.20 bits per heavy atom. The van der Waals surface area contributed by atoms with Crippen LogP contribution in [0.5, 0.6) is 0 Å². The molecular formula is C15H12ClN3O. The van der Waals surface area contributed by atoms with Crippen LogP contribution < -0.4 is 5.32 Å². The van der Waals surface area contributed by atoms with Gasteiger partial charge in [0, 0.05) is 34.9 Å². The fourth-order valence-corrected chi connectivity index (χ4v) is 2.17. The number of nitrogens with zero attached hydrogens (tertiary/aromatic N) is 1. The number of pyridine rings is 1. The summed E-state index contributed by atoms with van der Waals surface area (Å²) in [5.41, 5.74) is 2.38. The largest absolute Gasteiger partial charge is 0.350 e. The number of amides is 1. The zero-order chi connectivity index (χ0) is 13.9. The molecule has 3 aromatic rings. The third kappa shape index (κ3) is 2.65. The Morgan fingerprint density at radius 2 is 2.00 bits per heavy atom. The molecule has 2 aromatic heterocycles. The number of aromatic amines is 1. The van der Waals surface area contributed by atoms with E-state index < -0.39 is 0 Å². The Labute approximate surface area is 120 Å². The highest BCUT2D eigenvalue weighted by molar-refractivity contribution is 6.31. The lowest BCUT2D eigenvalue weighted by Gasteiger charge is -2.03. The van der Waals surface area contributed by atoms with Crippen molar-refractivity contribution in [3.8, 4) is 0 Å². The SMILES string of the molecule is O=C(NCc1ccncc1)c1cc2ccc(Cl)cc2[nH]1. The van der Waals surface area contributed by atoms with Crippen LogP contribution in [0.25, 0.3) is 10.9 Å². The average molecular weight is 286 g/mol. The van der Waals surface area contributed by atoms with Crippen molar-refractivity contribution in [3.63, 3.8) is 0 Å². The molecule has 1 aromatic carbocycles. The average Bonchev–Trinajstić information content (AvgIpc) is 2.89. The molecule has 0 aliphatic rings. The minimum absolute atomic E-state index is 0.144. The van der Waals surface area contributed by atoms with Gasteiger partial charge in [-0.3, -0.25) is 9.78 Å². The number of hydrogen-bond acceptors (Lipinski definition) is 2. The Morgan fingerprint density at radius 3 is 2.80 bits per heavy atom. The normalized spacial score (nSPS) is 10.7. The van der Waals surface area contributed by atoms with E-state index >= 15 is 0 Å². The third-order valence-corrected chi connectivity index (χ3v) is 3.27. The third-order valence-electron chi connectivity index (χ3n) is 3.03. The van der Waals surface area contributed by atoms with Crippen LogP contribution in [0.4, 0.5) is 0 Å². The van der Waals surface area contributed by atoms with E-state index in [0.29, 0.717) is 17.3 Å². The van der Waals surface area contributed by atoms with Crippen LogP contribution in [-0.2, 0) is 6.54 Å². The minimum atomic E-state index is -0.144. The number of aromatic nitrogens is 2. The Hall–Kier alpha value is -2.33. The van der Waals surface area contributed by atoms with Gasteiger partial charge in [-0.2, -0.15) is 0 Å². The quantitative estimate of drug-likeness (QED) is 0.777. The van der Waals surface area contributed by atoms with Crippen molar-refractivity contribution < 1.29 is 4.79 Å². The molecule has 3 rings (SSSR count). The number of benzene rings is 1. The summed E-state index contributed by atoms with van der Waals surface area (Å²) in [7, 11) is 0. The lowest BCUT2D eigenvalue weighted by Crippen LogP contribution is -2.23. The second-order valence-electron chi connectivity index (χ2n) is 4.45. The molecule has 0 aliphatic carbocycles. The number of nitrogens with one attached hydrogen (secondary N) is 2. The first-order chi connectivity index (χ1) is 9.72. The van der Waals surface area contributed by atoms with Gasteiger partial charge in [0.05, 0.1) is 0 Å². The molecule has 2 heterocycles. The summed E-state index contributed by atoms with van der Waals surface area (Å²) in [5.74, 6) is -0.144. The molecule has 0 bridgehead atoms. The molecule has 0 saturated heterocycles. The standard InChI is InChI=1S/C15H12ClN3O/c16-12-2-1-11-7-14(19-13(11)8-12)15(20)18-9-10-3-5-17-6-4-10/h1-8,19H,9H2,(H,18,20). The smallest absolute Gasteiger partial charge is 0.267 e. The number of hydrogen-bond donors (Lipinski definition) is 2. The Balaban J connectivity index is 1.75. The summed E-state index contributed by atoms with van der Waals surface area (Å²) in [5, 5.41) is 4.46. The van der Waals surface area contributed by atoms with Gasteiger partial charge in [0.25, 0.3) is 5.91 Å². The Bertz CT molecular complexity index is 752. The van der Waals surface area contributed by atoms with Gasteiger partial charge in [-0.05, 0) is 35.9 Å². The molecule has 4 nitrogen and oxygen atoms in total. The molecule has 0 fully saturated rings. The van der Waals surface area contributed by atoms with Crippen molar-refractivity contribution in [3.05, 3.63) is 65.1 Å². The second-order valence-corrected chi connectivity index (χ2v) is 4.89. The molecule has 1 amide bonds. The lowest BCUT2D eigenvalue weighted by molar-refractivity contribution is 0.0947. The van der Waals surface area contributed by atoms with E-state index in [2.05, 4.69) is 15.3 Å². The van der Waals surface area contributed by atoms with Crippen LogP contribution in [-0.4, -0.2) is 15.9 Å². The van der Waals surface area contributed by atoms with Crippen LogP contribution in [0, 0.1) is 0 Å². The maximum absolute atomic E-state index is 12.1. The number of halogens is 1. The highest BCUT2D eigenvalue weighted by atomic mass is 35.5. The van der Waals surface area contributed by atoms with E-state index in [0.717, 1.165) is 16.5 Å². The van der Waals surface area contributed by atoms with Crippen LogP contribution in [0.1, 0.15) is 16.1 Å². The first kappa shape index (κ1) is 12.7. The molecule has 2 N–H and O–H groups in total. The number of carbonyl (C=O) groups excluding carboxylic acids is 1. The van der Waals surface area contributed by atoms with Gasteiger partial charge in [0.1, 0.15) is 5.69 Å². The van der Waals surface area contributed by atoms with Crippen molar-refractivity contribution in [2.24, 2.45) is 0 Å². The molecule has 100 valence electrons. The van der Waals surface area contributed by atoms with Crippen LogP contribution in [0.15, 0.2) is 48.8 Å². The van der Waals surface area contributed by atoms with Crippen LogP contribution in [0.3, 0.4) is 0 Å². The highest BCUT2D eigenvalue weighted by Crippen LogP contribution is 2.19. The van der Waals surface area contributed by atoms with E-state index in [1.807, 2.05) is 24.3 Å². The molecule has 0 spiro atoms. The summed E-state index contributed by atoms with van der Waals surface area (Å²) in [6, 6.07) is 11.0. The summed E-state index contributed by atoms with van der Waals surface area (Å²) >= 11 is 5.92. The monoisotopic (exact) mass is 285 g/mol. The van der Waals surface area contributed by atoms with E-state index in [9.17, 15) is 4.79 Å². The lowest BCUT2D eigenvalue weighted by atomic mass is 10.2. The number of H-pyrrole nitrogens is 1. The molecule has 0 atom stereocenters. The van der Waals surface area contributed by atoms with Crippen molar-refractivity contribution in [1.29, 1.82) is 0 Å². The number of carbonyl (C=O) groups is 1. The molecule has 5 heteroatoms. The molecule has 0 aliphatic heterocycles. The summed E-state index contributed by atoms with van der Waals surface area (Å²) in [4.78, 5) is 19.1. The summed E-state index contributed by atoms with van der Waals surface area (Å²) < 4.78 is 0. The fraction of sp³-hybridized carbons (Fsp3) is 0.0667. The van der Waals surface area contributed by atoms with Gasteiger partial charge >= 0.3 is 0 Å². The van der Waals surface area contributed by atoms with Crippen LogP contribution >= 0.6 is 11.6 Å². The van der Waals surface area contributed by atoms with Gasteiger partial charge in [0.15, 0.2) is 0 Å². The molecule has 0 saturated carbocycles. The van der Waals surface area contributed by atoms with E-state index in [4.69, 9.17) is 11.6 Å².